The number of thioether (sulfide) groups is 1. The van der Waals surface area contributed by atoms with Gasteiger partial charge in [0.05, 0.1) is 5.69 Å². The average Bonchev–Trinajstić information content (AvgIpc) is 3.02. The fourth-order valence-electron chi connectivity index (χ4n) is 1.93. The zero-order chi connectivity index (χ0) is 15.9. The number of hydrogen-bond acceptors (Lipinski definition) is 5. The lowest BCUT2D eigenvalue weighted by atomic mass is 10.2. The van der Waals surface area contributed by atoms with E-state index in [9.17, 15) is 9.90 Å². The van der Waals surface area contributed by atoms with Crippen LogP contribution in [0.2, 0.25) is 0 Å². The molecule has 0 bridgehead atoms. The third-order valence-corrected chi connectivity index (χ3v) is 5.75. The first kappa shape index (κ1) is 15.5. The molecule has 0 fully saturated rings. The Bertz CT molecular complexity index is 857. The summed E-state index contributed by atoms with van der Waals surface area (Å²) >= 11 is 6.21. The molecule has 0 unspecified atom stereocenters. The van der Waals surface area contributed by atoms with Crippen LogP contribution in [0, 0.1) is 0 Å². The first-order valence-electron chi connectivity index (χ1n) is 6.40. The van der Waals surface area contributed by atoms with Gasteiger partial charge in [-0.15, -0.1) is 21.5 Å². The Morgan fingerprint density at radius 1 is 1.36 bits per heavy atom. The molecule has 3 rings (SSSR count). The molecule has 0 aliphatic heterocycles. The molecule has 0 amide bonds. The topological polar surface area (TPSA) is 68.0 Å². The van der Waals surface area contributed by atoms with Gasteiger partial charge in [0.15, 0.2) is 5.16 Å². The number of hydrogen-bond donors (Lipinski definition) is 1. The van der Waals surface area contributed by atoms with Crippen LogP contribution in [-0.2, 0) is 4.79 Å². The maximum absolute atomic E-state index is 11.4. The van der Waals surface area contributed by atoms with Crippen LogP contribution in [0.5, 0.6) is 0 Å². The van der Waals surface area contributed by atoms with Crippen molar-refractivity contribution in [1.29, 1.82) is 0 Å². The van der Waals surface area contributed by atoms with Crippen LogP contribution in [0.15, 0.2) is 39.5 Å². The molecule has 1 aromatic carbocycles. The van der Waals surface area contributed by atoms with Crippen LogP contribution in [-0.4, -0.2) is 30.6 Å². The molecule has 0 aliphatic carbocycles. The van der Waals surface area contributed by atoms with E-state index in [1.54, 1.807) is 25.2 Å². The molecular formula is C14H12BrN3O2S2. The minimum atomic E-state index is -0.990. The summed E-state index contributed by atoms with van der Waals surface area (Å²) in [6, 6.07) is 8.05. The lowest BCUT2D eigenvalue weighted by molar-refractivity contribution is -0.138. The first-order chi connectivity index (χ1) is 10.4. The first-order valence-corrected chi connectivity index (χ1v) is 8.89. The molecule has 2 aromatic heterocycles. The fourth-order valence-corrected chi connectivity index (χ4v) is 4.31. The van der Waals surface area contributed by atoms with Crippen LogP contribution in [0.1, 0.15) is 13.8 Å². The highest BCUT2D eigenvalue weighted by atomic mass is 79.9. The van der Waals surface area contributed by atoms with Crippen molar-refractivity contribution in [3.63, 3.8) is 0 Å². The number of benzene rings is 1. The summed E-state index contributed by atoms with van der Waals surface area (Å²) in [6.45, 7) is 3.30. The van der Waals surface area contributed by atoms with Crippen LogP contribution in [0.25, 0.3) is 15.8 Å². The van der Waals surface area contributed by atoms with E-state index in [4.69, 9.17) is 0 Å². The maximum Gasteiger partial charge on any atom is 0.319 e. The van der Waals surface area contributed by atoms with Gasteiger partial charge in [0.1, 0.15) is 4.75 Å². The van der Waals surface area contributed by atoms with Gasteiger partial charge in [-0.3, -0.25) is 9.36 Å². The van der Waals surface area contributed by atoms with Crippen molar-refractivity contribution in [3.05, 3.63) is 34.4 Å². The summed E-state index contributed by atoms with van der Waals surface area (Å²) in [6.07, 6.45) is 0. The monoisotopic (exact) mass is 397 g/mol. The highest BCUT2D eigenvalue weighted by Gasteiger charge is 2.32. The quantitative estimate of drug-likeness (QED) is 0.668. The number of rotatable bonds is 4. The Hall–Kier alpha value is -1.38. The molecule has 8 heteroatoms. The number of thiophene rings is 1. The third kappa shape index (κ3) is 2.66. The standard InChI is InChI=1S/C14H12BrN3O2S2/c1-14(2,11(19)20)22-13-17-16-12(15)18(13)9-7-21-10-6-4-3-5-8(9)10/h3-7H,1-2H3,(H,19,20). The molecule has 2 heterocycles. The minimum Gasteiger partial charge on any atom is -0.480 e. The number of carboxylic acid groups (broad SMARTS) is 1. The number of aromatic nitrogens is 3. The highest BCUT2D eigenvalue weighted by molar-refractivity contribution is 9.10. The number of halogens is 1. The van der Waals surface area contributed by atoms with Crippen molar-refractivity contribution in [1.82, 2.24) is 14.8 Å². The second-order valence-electron chi connectivity index (χ2n) is 5.12. The lowest BCUT2D eigenvalue weighted by Gasteiger charge is -2.18. The van der Waals surface area contributed by atoms with E-state index in [-0.39, 0.29) is 0 Å². The van der Waals surface area contributed by atoms with Gasteiger partial charge in [0.25, 0.3) is 0 Å². The number of fused-ring (bicyclic) bond motifs is 1. The predicted molar refractivity (Wildman–Crippen MR) is 92.0 cm³/mol. The Labute approximate surface area is 143 Å². The summed E-state index contributed by atoms with van der Waals surface area (Å²) in [5.74, 6) is -0.890. The summed E-state index contributed by atoms with van der Waals surface area (Å²) in [5.41, 5.74) is 0.946. The Morgan fingerprint density at radius 3 is 2.82 bits per heavy atom. The van der Waals surface area contributed by atoms with Crippen molar-refractivity contribution in [2.24, 2.45) is 0 Å². The molecule has 22 heavy (non-hydrogen) atoms. The number of nitrogens with zero attached hydrogens (tertiary/aromatic N) is 3. The largest absolute Gasteiger partial charge is 0.480 e. The van der Waals surface area contributed by atoms with E-state index in [0.717, 1.165) is 15.8 Å². The molecule has 0 spiro atoms. The molecule has 1 N–H and O–H groups in total. The van der Waals surface area contributed by atoms with Gasteiger partial charge < -0.3 is 5.11 Å². The van der Waals surface area contributed by atoms with E-state index >= 15 is 0 Å². The van der Waals surface area contributed by atoms with Crippen molar-refractivity contribution in [2.45, 2.75) is 23.8 Å². The summed E-state index contributed by atoms with van der Waals surface area (Å²) in [7, 11) is 0. The Morgan fingerprint density at radius 2 is 2.09 bits per heavy atom. The van der Waals surface area contributed by atoms with Gasteiger partial charge in [0, 0.05) is 15.5 Å². The molecule has 0 saturated heterocycles. The van der Waals surface area contributed by atoms with E-state index < -0.39 is 10.7 Å². The molecule has 0 saturated carbocycles. The lowest BCUT2D eigenvalue weighted by Crippen LogP contribution is -2.27. The predicted octanol–water partition coefficient (Wildman–Crippen LogP) is 4.20. The smallest absolute Gasteiger partial charge is 0.319 e. The van der Waals surface area contributed by atoms with Crippen LogP contribution < -0.4 is 0 Å². The number of carbonyl (C=O) groups is 1. The minimum absolute atomic E-state index is 0.544. The highest BCUT2D eigenvalue weighted by Crippen LogP contribution is 2.37. The second kappa shape index (κ2) is 5.68. The molecule has 0 aliphatic rings. The van der Waals surface area contributed by atoms with Gasteiger partial charge in [-0.25, -0.2) is 0 Å². The van der Waals surface area contributed by atoms with Crippen molar-refractivity contribution < 1.29 is 9.90 Å². The molecule has 114 valence electrons. The molecule has 0 atom stereocenters. The van der Waals surface area contributed by atoms with E-state index in [0.29, 0.717) is 9.89 Å². The SMILES string of the molecule is CC(C)(Sc1nnc(Br)n1-c1csc2ccccc12)C(=O)O. The van der Waals surface area contributed by atoms with Gasteiger partial charge in [-0.05, 0) is 35.8 Å². The van der Waals surface area contributed by atoms with Crippen LogP contribution in [0.4, 0.5) is 0 Å². The third-order valence-electron chi connectivity index (χ3n) is 3.16. The summed E-state index contributed by atoms with van der Waals surface area (Å²) in [4.78, 5) is 11.4. The van der Waals surface area contributed by atoms with Gasteiger partial charge in [-0.2, -0.15) is 0 Å². The van der Waals surface area contributed by atoms with Crippen LogP contribution >= 0.6 is 39.0 Å². The Balaban J connectivity index is 2.12. The fraction of sp³-hybridized carbons (Fsp3) is 0.214. The number of aliphatic carboxylic acids is 1. The van der Waals surface area contributed by atoms with Crippen molar-refractivity contribution in [2.75, 3.05) is 0 Å². The van der Waals surface area contributed by atoms with Crippen molar-refractivity contribution >= 4 is 55.1 Å². The summed E-state index contributed by atoms with van der Waals surface area (Å²) < 4.78 is 2.57. The summed E-state index contributed by atoms with van der Waals surface area (Å²) in [5, 5.41) is 21.1. The van der Waals surface area contributed by atoms with Gasteiger partial charge in [-0.1, -0.05) is 30.0 Å². The number of carboxylic acids is 1. The molecule has 0 radical (unpaired) electrons. The van der Waals surface area contributed by atoms with Crippen LogP contribution in [0.3, 0.4) is 0 Å². The molecule has 3 aromatic rings. The normalized spacial score (nSPS) is 12.0. The van der Waals surface area contributed by atoms with E-state index in [1.165, 1.54) is 11.8 Å². The molecular weight excluding hydrogens is 386 g/mol. The molecule has 5 nitrogen and oxygen atoms in total. The second-order valence-corrected chi connectivity index (χ2v) is 8.33. The zero-order valence-corrected chi connectivity index (χ0v) is 15.0. The maximum atomic E-state index is 11.4. The van der Waals surface area contributed by atoms with Crippen molar-refractivity contribution in [3.8, 4) is 5.69 Å². The van der Waals surface area contributed by atoms with E-state index in [2.05, 4.69) is 32.2 Å². The van der Waals surface area contributed by atoms with Gasteiger partial charge >= 0.3 is 5.97 Å². The average molecular weight is 398 g/mol. The zero-order valence-electron chi connectivity index (χ0n) is 11.8. The van der Waals surface area contributed by atoms with E-state index in [1.807, 2.05) is 28.1 Å². The van der Waals surface area contributed by atoms with Gasteiger partial charge in [0.2, 0.25) is 4.73 Å². The Kier molecular flexibility index (Phi) is 4.00.